The van der Waals surface area contributed by atoms with Gasteiger partial charge in [0.15, 0.2) is 4.77 Å². The number of benzene rings is 1. The lowest BCUT2D eigenvalue weighted by molar-refractivity contribution is -0.149. The number of aromatic nitrogens is 2. The monoisotopic (exact) mass is 309 g/mol. The van der Waals surface area contributed by atoms with Gasteiger partial charge < -0.3 is 9.55 Å². The number of H-pyrrole nitrogens is 1. The minimum Gasteiger partial charge on any atom is -0.329 e. The van der Waals surface area contributed by atoms with Gasteiger partial charge in [-0.05, 0) is 30.8 Å². The summed E-state index contributed by atoms with van der Waals surface area (Å²) in [5.74, 6) is -0.395. The van der Waals surface area contributed by atoms with E-state index in [-0.39, 0.29) is 11.8 Å². The molecular weight excluding hydrogens is 298 g/mol. The van der Waals surface area contributed by atoms with Gasteiger partial charge in [-0.2, -0.15) is 0 Å². The fourth-order valence-corrected chi connectivity index (χ4v) is 3.11. The first-order valence-electron chi connectivity index (χ1n) is 6.20. The van der Waals surface area contributed by atoms with Crippen molar-refractivity contribution >= 4 is 46.7 Å². The average molecular weight is 310 g/mol. The predicted octanol–water partition coefficient (Wildman–Crippen LogP) is 2.67. The van der Waals surface area contributed by atoms with E-state index in [0.29, 0.717) is 28.2 Å². The molecule has 5 nitrogen and oxygen atoms in total. The molecule has 1 aliphatic rings. The van der Waals surface area contributed by atoms with Crippen molar-refractivity contribution in [3.8, 4) is 0 Å². The van der Waals surface area contributed by atoms with Crippen molar-refractivity contribution in [3.05, 3.63) is 28.0 Å². The normalized spacial score (nSPS) is 19.9. The van der Waals surface area contributed by atoms with Gasteiger partial charge in [0.1, 0.15) is 6.04 Å². The van der Waals surface area contributed by atoms with Crippen molar-refractivity contribution in [2.24, 2.45) is 0 Å². The minimum atomic E-state index is -0.461. The Morgan fingerprint density at radius 3 is 2.90 bits per heavy atom. The van der Waals surface area contributed by atoms with Gasteiger partial charge in [-0.15, -0.1) is 0 Å². The van der Waals surface area contributed by atoms with Crippen molar-refractivity contribution in [2.75, 3.05) is 7.05 Å². The maximum atomic E-state index is 12.3. The van der Waals surface area contributed by atoms with E-state index in [1.807, 2.05) is 12.1 Å². The van der Waals surface area contributed by atoms with Crippen LogP contribution in [-0.4, -0.2) is 33.3 Å². The average Bonchev–Trinajstić information content (AvgIpc) is 2.75. The lowest BCUT2D eigenvalue weighted by atomic mass is 10.0. The van der Waals surface area contributed by atoms with Gasteiger partial charge in [0, 0.05) is 13.5 Å². The third-order valence-electron chi connectivity index (χ3n) is 3.63. The predicted molar refractivity (Wildman–Crippen MR) is 78.2 cm³/mol. The summed E-state index contributed by atoms with van der Waals surface area (Å²) < 4.78 is 2.19. The number of piperidine rings is 1. The molecule has 0 bridgehead atoms. The Bertz CT molecular complexity index is 780. The maximum absolute atomic E-state index is 12.3. The highest BCUT2D eigenvalue weighted by Crippen LogP contribution is 2.30. The van der Waals surface area contributed by atoms with Crippen LogP contribution < -0.4 is 0 Å². The molecule has 1 atom stereocenters. The Kier molecular flexibility index (Phi) is 3.14. The Hall–Kier alpha value is -1.66. The number of imide groups is 1. The first-order valence-corrected chi connectivity index (χ1v) is 6.98. The van der Waals surface area contributed by atoms with Crippen LogP contribution >= 0.6 is 23.8 Å². The smallest absolute Gasteiger partial charge is 0.252 e. The molecule has 0 saturated carbocycles. The van der Waals surface area contributed by atoms with Crippen molar-refractivity contribution in [1.29, 1.82) is 0 Å². The van der Waals surface area contributed by atoms with Crippen LogP contribution in [0.4, 0.5) is 0 Å². The standard InChI is InChI=1S/C13H12ClN3O2S/c1-16-10(18)6-5-9(12(16)19)17-8-4-2-3-7(14)11(8)15-13(17)20/h2-4,9H,5-6H2,1H3,(H,15,20). The highest BCUT2D eigenvalue weighted by Gasteiger charge is 2.34. The topological polar surface area (TPSA) is 58.1 Å². The first-order chi connectivity index (χ1) is 9.50. The van der Waals surface area contributed by atoms with Crippen LogP contribution in [0.3, 0.4) is 0 Å². The summed E-state index contributed by atoms with van der Waals surface area (Å²) in [7, 11) is 1.50. The fourth-order valence-electron chi connectivity index (χ4n) is 2.56. The fraction of sp³-hybridized carbons (Fsp3) is 0.308. The van der Waals surface area contributed by atoms with Crippen LogP contribution in [0.5, 0.6) is 0 Å². The van der Waals surface area contributed by atoms with E-state index in [9.17, 15) is 9.59 Å². The van der Waals surface area contributed by atoms with Gasteiger partial charge >= 0.3 is 0 Å². The van der Waals surface area contributed by atoms with Crippen LogP contribution in [0.2, 0.25) is 5.02 Å². The summed E-state index contributed by atoms with van der Waals surface area (Å²) in [5.41, 5.74) is 1.50. The van der Waals surface area contributed by atoms with Crippen LogP contribution in [0, 0.1) is 4.77 Å². The molecule has 1 aromatic carbocycles. The van der Waals surface area contributed by atoms with Crippen molar-refractivity contribution < 1.29 is 9.59 Å². The van der Waals surface area contributed by atoms with Gasteiger partial charge in [-0.25, -0.2) is 0 Å². The zero-order valence-corrected chi connectivity index (χ0v) is 12.3. The number of amides is 2. The molecule has 1 fully saturated rings. The largest absolute Gasteiger partial charge is 0.329 e. The molecule has 1 saturated heterocycles. The van der Waals surface area contributed by atoms with Crippen molar-refractivity contribution in [1.82, 2.24) is 14.5 Å². The van der Waals surface area contributed by atoms with Crippen LogP contribution in [-0.2, 0) is 9.59 Å². The number of aromatic amines is 1. The number of carbonyl (C=O) groups excluding carboxylic acids is 2. The lowest BCUT2D eigenvalue weighted by Crippen LogP contribution is -2.43. The molecule has 20 heavy (non-hydrogen) atoms. The molecule has 0 aliphatic carbocycles. The van der Waals surface area contributed by atoms with Crippen molar-refractivity contribution in [2.45, 2.75) is 18.9 Å². The summed E-state index contributed by atoms with van der Waals surface area (Å²) in [5, 5.41) is 0.556. The second-order valence-electron chi connectivity index (χ2n) is 4.78. The number of nitrogens with zero attached hydrogens (tertiary/aromatic N) is 2. The zero-order chi connectivity index (χ0) is 14.4. The molecular formula is C13H12ClN3O2S. The Balaban J connectivity index is 2.18. The molecule has 3 rings (SSSR count). The molecule has 0 spiro atoms. The molecule has 0 radical (unpaired) electrons. The zero-order valence-electron chi connectivity index (χ0n) is 10.7. The number of hydrogen-bond acceptors (Lipinski definition) is 3. The van der Waals surface area contributed by atoms with E-state index in [1.165, 1.54) is 11.9 Å². The number of para-hydroxylation sites is 1. The van der Waals surface area contributed by atoms with Crippen LogP contribution in [0.25, 0.3) is 11.0 Å². The summed E-state index contributed by atoms with van der Waals surface area (Å²) in [6.07, 6.45) is 0.789. The number of imidazole rings is 1. The number of rotatable bonds is 1. The number of halogens is 1. The SMILES string of the molecule is CN1C(=O)CCC(n2c(=S)[nH]c3c(Cl)cccc32)C1=O. The van der Waals surface area contributed by atoms with E-state index >= 15 is 0 Å². The van der Waals surface area contributed by atoms with E-state index in [1.54, 1.807) is 10.6 Å². The summed E-state index contributed by atoms with van der Waals surface area (Å²) in [6.45, 7) is 0. The quantitative estimate of drug-likeness (QED) is 0.651. The second kappa shape index (κ2) is 4.71. The lowest BCUT2D eigenvalue weighted by Gasteiger charge is -2.28. The molecule has 7 heteroatoms. The number of hydrogen-bond donors (Lipinski definition) is 1. The third-order valence-corrected chi connectivity index (χ3v) is 4.25. The molecule has 1 N–H and O–H groups in total. The number of nitrogens with one attached hydrogen (secondary N) is 1. The number of carbonyl (C=O) groups is 2. The molecule has 1 unspecified atom stereocenters. The highest BCUT2D eigenvalue weighted by molar-refractivity contribution is 7.71. The van der Waals surface area contributed by atoms with Gasteiger partial charge in [-0.3, -0.25) is 14.5 Å². The molecule has 2 amide bonds. The first kappa shape index (κ1) is 13.3. The molecule has 2 aromatic rings. The van der Waals surface area contributed by atoms with E-state index in [4.69, 9.17) is 23.8 Å². The van der Waals surface area contributed by atoms with E-state index in [0.717, 1.165) is 5.52 Å². The number of likely N-dealkylation sites (N-methyl/N-ethyl adjacent to an activating group) is 1. The number of fused-ring (bicyclic) bond motifs is 1. The van der Waals surface area contributed by atoms with Crippen molar-refractivity contribution in [3.63, 3.8) is 0 Å². The summed E-state index contributed by atoms with van der Waals surface area (Å²) >= 11 is 11.4. The van der Waals surface area contributed by atoms with E-state index in [2.05, 4.69) is 4.98 Å². The third kappa shape index (κ3) is 1.87. The van der Waals surface area contributed by atoms with Crippen LogP contribution in [0.1, 0.15) is 18.9 Å². The van der Waals surface area contributed by atoms with Gasteiger partial charge in [-0.1, -0.05) is 17.7 Å². The van der Waals surface area contributed by atoms with Gasteiger partial charge in [0.05, 0.1) is 16.1 Å². The molecule has 2 heterocycles. The summed E-state index contributed by atoms with van der Waals surface area (Å²) in [6, 6.07) is 4.97. The minimum absolute atomic E-state index is 0.157. The molecule has 104 valence electrons. The maximum Gasteiger partial charge on any atom is 0.252 e. The second-order valence-corrected chi connectivity index (χ2v) is 5.57. The Morgan fingerprint density at radius 1 is 1.40 bits per heavy atom. The molecule has 1 aliphatic heterocycles. The summed E-state index contributed by atoms with van der Waals surface area (Å²) in [4.78, 5) is 28.1. The highest BCUT2D eigenvalue weighted by atomic mass is 35.5. The Labute approximate surface area is 125 Å². The van der Waals surface area contributed by atoms with E-state index < -0.39 is 6.04 Å². The van der Waals surface area contributed by atoms with Crippen LogP contribution in [0.15, 0.2) is 18.2 Å². The Morgan fingerprint density at radius 2 is 2.15 bits per heavy atom. The molecule has 1 aromatic heterocycles. The van der Waals surface area contributed by atoms with Gasteiger partial charge in [0.2, 0.25) is 5.91 Å². The number of likely N-dealkylation sites (tertiary alicyclic amines) is 1. The van der Waals surface area contributed by atoms with Gasteiger partial charge in [0.25, 0.3) is 5.91 Å².